The summed E-state index contributed by atoms with van der Waals surface area (Å²) in [5.41, 5.74) is 0. The van der Waals surface area contributed by atoms with Gasteiger partial charge in [-0.3, -0.25) is 4.79 Å². The first-order chi connectivity index (χ1) is 7.24. The maximum atomic E-state index is 10.8. The molecule has 1 aliphatic rings. The van der Waals surface area contributed by atoms with Gasteiger partial charge >= 0.3 is 5.97 Å². The zero-order valence-corrected chi connectivity index (χ0v) is 9.32. The van der Waals surface area contributed by atoms with Crippen molar-refractivity contribution in [2.24, 2.45) is 5.92 Å². The van der Waals surface area contributed by atoms with Crippen LogP contribution in [0.1, 0.15) is 45.4 Å². The number of rotatable bonds is 6. The molecule has 0 aliphatic carbocycles. The van der Waals surface area contributed by atoms with Crippen molar-refractivity contribution in [2.45, 2.75) is 51.7 Å². The quantitative estimate of drug-likeness (QED) is 0.418. The molecule has 1 heterocycles. The number of ether oxygens (including phenoxy) is 1. The van der Waals surface area contributed by atoms with Gasteiger partial charge in [0.05, 0.1) is 6.42 Å². The molecule has 0 spiro atoms. The average molecular weight is 212 g/mol. The van der Waals surface area contributed by atoms with E-state index in [1.54, 1.807) is 0 Å². The molecular formula is C12H20O3. The largest absolute Gasteiger partial charge is 0.436 e. The van der Waals surface area contributed by atoms with Gasteiger partial charge in [0.1, 0.15) is 0 Å². The minimum Gasteiger partial charge on any atom is -0.436 e. The van der Waals surface area contributed by atoms with E-state index in [9.17, 15) is 9.90 Å². The van der Waals surface area contributed by atoms with E-state index in [2.05, 4.69) is 17.7 Å². The Labute approximate surface area is 91.1 Å². The lowest BCUT2D eigenvalue weighted by Crippen LogP contribution is -2.13. The summed E-state index contributed by atoms with van der Waals surface area (Å²) in [7, 11) is 0. The molecule has 0 amide bonds. The van der Waals surface area contributed by atoms with Crippen LogP contribution in [0.15, 0.2) is 12.2 Å². The fourth-order valence-corrected chi connectivity index (χ4v) is 1.69. The smallest absolute Gasteiger partial charge is 0.308 e. The third-order valence-corrected chi connectivity index (χ3v) is 2.66. The number of cyclic esters (lactones) is 1. The van der Waals surface area contributed by atoms with E-state index in [1.807, 2.05) is 6.08 Å². The van der Waals surface area contributed by atoms with Gasteiger partial charge in [-0.15, -0.1) is 0 Å². The van der Waals surface area contributed by atoms with Gasteiger partial charge in [-0.05, 0) is 19.3 Å². The van der Waals surface area contributed by atoms with E-state index in [0.29, 0.717) is 6.42 Å². The Kier molecular flexibility index (Phi) is 5.40. The normalized spacial score (nSPS) is 26.1. The number of carbonyl (C=O) groups excluding carboxylic acids is 1. The van der Waals surface area contributed by atoms with E-state index < -0.39 is 6.29 Å². The second kappa shape index (κ2) is 6.62. The number of carbonyl (C=O) groups is 1. The van der Waals surface area contributed by atoms with E-state index in [4.69, 9.17) is 0 Å². The summed E-state index contributed by atoms with van der Waals surface area (Å²) in [4.78, 5) is 10.8. The van der Waals surface area contributed by atoms with Crippen molar-refractivity contribution in [3.05, 3.63) is 12.2 Å². The topological polar surface area (TPSA) is 46.5 Å². The monoisotopic (exact) mass is 212 g/mol. The van der Waals surface area contributed by atoms with Crippen molar-refractivity contribution >= 4 is 5.97 Å². The predicted octanol–water partition coefficient (Wildman–Crippen LogP) is 2.39. The Morgan fingerprint density at radius 2 is 2.27 bits per heavy atom. The van der Waals surface area contributed by atoms with Gasteiger partial charge in [0, 0.05) is 5.92 Å². The van der Waals surface area contributed by atoms with Gasteiger partial charge < -0.3 is 9.84 Å². The summed E-state index contributed by atoms with van der Waals surface area (Å²) in [6.07, 6.45) is 9.17. The molecule has 0 aromatic rings. The van der Waals surface area contributed by atoms with Crippen LogP contribution in [0.3, 0.4) is 0 Å². The second-order valence-corrected chi connectivity index (χ2v) is 4.05. The van der Waals surface area contributed by atoms with Crippen LogP contribution < -0.4 is 0 Å². The van der Waals surface area contributed by atoms with Crippen LogP contribution in [0.25, 0.3) is 0 Å². The number of hydrogen-bond donors (Lipinski definition) is 1. The number of aliphatic hydroxyl groups is 1. The molecule has 1 saturated heterocycles. The predicted molar refractivity (Wildman–Crippen MR) is 58.1 cm³/mol. The Balaban J connectivity index is 2.11. The van der Waals surface area contributed by atoms with Crippen molar-refractivity contribution in [1.82, 2.24) is 0 Å². The summed E-state index contributed by atoms with van der Waals surface area (Å²) >= 11 is 0. The van der Waals surface area contributed by atoms with E-state index >= 15 is 0 Å². The minimum absolute atomic E-state index is 0.0417. The van der Waals surface area contributed by atoms with Crippen LogP contribution in [0.4, 0.5) is 0 Å². The van der Waals surface area contributed by atoms with E-state index in [-0.39, 0.29) is 11.9 Å². The van der Waals surface area contributed by atoms with Gasteiger partial charge in [0.15, 0.2) is 0 Å². The fraction of sp³-hybridized carbons (Fsp3) is 0.750. The van der Waals surface area contributed by atoms with Crippen LogP contribution in [-0.2, 0) is 9.53 Å². The standard InChI is InChI=1S/C12H20O3/c1-2-3-4-5-6-7-8-10-9-11(13)15-12(10)14/h6-7,10,12,14H,2-5,8-9H2,1H3. The molecule has 1 rings (SSSR count). The number of unbranched alkanes of at least 4 members (excludes halogenated alkanes) is 3. The molecule has 1 N–H and O–H groups in total. The molecule has 1 fully saturated rings. The van der Waals surface area contributed by atoms with E-state index in [1.165, 1.54) is 19.3 Å². The van der Waals surface area contributed by atoms with Gasteiger partial charge in [-0.1, -0.05) is 31.9 Å². The molecule has 2 unspecified atom stereocenters. The van der Waals surface area contributed by atoms with Crippen molar-refractivity contribution < 1.29 is 14.6 Å². The lowest BCUT2D eigenvalue weighted by molar-refractivity contribution is -0.155. The maximum Gasteiger partial charge on any atom is 0.308 e. The van der Waals surface area contributed by atoms with Crippen LogP contribution in [0.5, 0.6) is 0 Å². The Bertz CT molecular complexity index is 223. The summed E-state index contributed by atoms with van der Waals surface area (Å²) in [5, 5.41) is 9.32. The lowest BCUT2D eigenvalue weighted by Gasteiger charge is -2.07. The number of hydrogen-bond acceptors (Lipinski definition) is 3. The molecule has 3 nitrogen and oxygen atoms in total. The zero-order valence-electron chi connectivity index (χ0n) is 9.32. The van der Waals surface area contributed by atoms with Crippen molar-refractivity contribution in [3.8, 4) is 0 Å². The van der Waals surface area contributed by atoms with Crippen LogP contribution in [-0.4, -0.2) is 17.4 Å². The molecule has 86 valence electrons. The Morgan fingerprint density at radius 3 is 2.87 bits per heavy atom. The zero-order chi connectivity index (χ0) is 11.1. The summed E-state index contributed by atoms with van der Waals surface area (Å²) in [5.74, 6) is -0.327. The molecule has 0 aromatic carbocycles. The second-order valence-electron chi connectivity index (χ2n) is 4.05. The molecule has 0 saturated carbocycles. The average Bonchev–Trinajstić information content (AvgIpc) is 2.51. The Hall–Kier alpha value is -0.830. The summed E-state index contributed by atoms with van der Waals surface area (Å²) in [6, 6.07) is 0. The van der Waals surface area contributed by atoms with Gasteiger partial charge in [-0.25, -0.2) is 0 Å². The first-order valence-corrected chi connectivity index (χ1v) is 5.76. The fourth-order valence-electron chi connectivity index (χ4n) is 1.69. The van der Waals surface area contributed by atoms with Crippen LogP contribution in [0, 0.1) is 5.92 Å². The van der Waals surface area contributed by atoms with Gasteiger partial charge in [0.2, 0.25) is 6.29 Å². The lowest BCUT2D eigenvalue weighted by atomic mass is 10.0. The highest BCUT2D eigenvalue weighted by molar-refractivity contribution is 5.71. The Morgan fingerprint density at radius 1 is 1.47 bits per heavy atom. The first kappa shape index (κ1) is 12.2. The highest BCUT2D eigenvalue weighted by Gasteiger charge is 2.31. The third kappa shape index (κ3) is 4.47. The van der Waals surface area contributed by atoms with Gasteiger partial charge in [-0.2, -0.15) is 0 Å². The molecule has 1 aliphatic heterocycles. The molecular weight excluding hydrogens is 192 g/mol. The SMILES string of the molecule is CCCCCC=CCC1CC(=O)OC1O. The van der Waals surface area contributed by atoms with Crippen LogP contribution >= 0.6 is 0 Å². The highest BCUT2D eigenvalue weighted by Crippen LogP contribution is 2.23. The highest BCUT2D eigenvalue weighted by atomic mass is 16.6. The van der Waals surface area contributed by atoms with Gasteiger partial charge in [0.25, 0.3) is 0 Å². The molecule has 15 heavy (non-hydrogen) atoms. The van der Waals surface area contributed by atoms with E-state index in [0.717, 1.165) is 12.8 Å². The summed E-state index contributed by atoms with van der Waals surface area (Å²) < 4.78 is 4.65. The molecule has 3 heteroatoms. The van der Waals surface area contributed by atoms with Crippen molar-refractivity contribution in [1.29, 1.82) is 0 Å². The maximum absolute atomic E-state index is 10.8. The third-order valence-electron chi connectivity index (χ3n) is 2.66. The van der Waals surface area contributed by atoms with Crippen molar-refractivity contribution in [2.75, 3.05) is 0 Å². The molecule has 2 atom stereocenters. The molecule has 0 bridgehead atoms. The summed E-state index contributed by atoms with van der Waals surface area (Å²) in [6.45, 7) is 2.18. The number of esters is 1. The molecule has 0 aromatic heterocycles. The van der Waals surface area contributed by atoms with Crippen LogP contribution in [0.2, 0.25) is 0 Å². The first-order valence-electron chi connectivity index (χ1n) is 5.76. The molecule has 0 radical (unpaired) electrons. The number of aliphatic hydroxyl groups excluding tert-OH is 1. The number of allylic oxidation sites excluding steroid dienone is 2. The van der Waals surface area contributed by atoms with Crippen molar-refractivity contribution in [3.63, 3.8) is 0 Å². The minimum atomic E-state index is -0.891.